The normalized spacial score (nSPS) is 22.8. The standard InChI is InChI=1S/C4H9N2O2S/c5-9(7,8)6-3-1-2-4-6/h3H,1-2,4H2,(H2,5,7,8). The first kappa shape index (κ1) is 6.98. The van der Waals surface area contributed by atoms with Crippen molar-refractivity contribution in [1.29, 1.82) is 0 Å². The van der Waals surface area contributed by atoms with E-state index in [-0.39, 0.29) is 0 Å². The minimum Gasteiger partial charge on any atom is -0.216 e. The third-order valence-corrected chi connectivity index (χ3v) is 2.23. The molecule has 0 aromatic heterocycles. The van der Waals surface area contributed by atoms with Gasteiger partial charge in [-0.1, -0.05) is 0 Å². The quantitative estimate of drug-likeness (QED) is 0.543. The van der Waals surface area contributed by atoms with Crippen molar-refractivity contribution in [3.05, 3.63) is 6.54 Å². The summed E-state index contributed by atoms with van der Waals surface area (Å²) in [7, 11) is -3.42. The Kier molecular flexibility index (Phi) is 1.74. The fraction of sp³-hybridized carbons (Fsp3) is 0.750. The van der Waals surface area contributed by atoms with Crippen molar-refractivity contribution in [2.45, 2.75) is 12.8 Å². The van der Waals surface area contributed by atoms with Crippen molar-refractivity contribution in [3.8, 4) is 0 Å². The average Bonchev–Trinajstić information content (AvgIpc) is 2.08. The van der Waals surface area contributed by atoms with Crippen molar-refractivity contribution >= 4 is 10.2 Å². The topological polar surface area (TPSA) is 63.4 Å². The molecule has 1 radical (unpaired) electrons. The Bertz CT molecular complexity index is 181. The molecule has 0 aromatic carbocycles. The zero-order valence-electron chi connectivity index (χ0n) is 4.95. The summed E-state index contributed by atoms with van der Waals surface area (Å²) in [5.41, 5.74) is 0. The van der Waals surface area contributed by atoms with Crippen LogP contribution >= 0.6 is 0 Å². The fourth-order valence-corrected chi connectivity index (χ4v) is 1.50. The van der Waals surface area contributed by atoms with Gasteiger partial charge in [-0.05, 0) is 12.8 Å². The second kappa shape index (κ2) is 2.24. The van der Waals surface area contributed by atoms with Crippen LogP contribution in [0, 0.1) is 6.54 Å². The molecule has 0 bridgehead atoms. The Hall–Kier alpha value is -0.130. The molecule has 5 heteroatoms. The van der Waals surface area contributed by atoms with Crippen LogP contribution in [-0.2, 0) is 10.2 Å². The van der Waals surface area contributed by atoms with Crippen molar-refractivity contribution in [2.75, 3.05) is 6.54 Å². The maximum Gasteiger partial charge on any atom is 0.277 e. The monoisotopic (exact) mass is 149 g/mol. The summed E-state index contributed by atoms with van der Waals surface area (Å²) in [4.78, 5) is 0. The van der Waals surface area contributed by atoms with Gasteiger partial charge in [-0.3, -0.25) is 0 Å². The number of nitrogens with two attached hydrogens (primary N) is 1. The number of rotatable bonds is 1. The van der Waals surface area contributed by atoms with Gasteiger partial charge in [-0.2, -0.15) is 12.7 Å². The van der Waals surface area contributed by atoms with Crippen LogP contribution in [0.1, 0.15) is 12.8 Å². The molecule has 0 atom stereocenters. The summed E-state index contributed by atoms with van der Waals surface area (Å²) in [5.74, 6) is 0. The first-order valence-electron chi connectivity index (χ1n) is 2.73. The highest BCUT2D eigenvalue weighted by molar-refractivity contribution is 7.86. The third-order valence-electron chi connectivity index (χ3n) is 1.24. The number of hydrogen-bond donors (Lipinski definition) is 1. The van der Waals surface area contributed by atoms with Crippen LogP contribution in [0.25, 0.3) is 0 Å². The molecule has 0 saturated carbocycles. The lowest BCUT2D eigenvalue weighted by atomic mass is 10.4. The molecule has 2 N–H and O–H groups in total. The lowest BCUT2D eigenvalue weighted by molar-refractivity contribution is 0.509. The maximum atomic E-state index is 10.5. The Morgan fingerprint density at radius 1 is 1.56 bits per heavy atom. The van der Waals surface area contributed by atoms with Gasteiger partial charge in [-0.25, -0.2) is 5.14 Å². The van der Waals surface area contributed by atoms with Crippen molar-refractivity contribution in [3.63, 3.8) is 0 Å². The molecule has 4 nitrogen and oxygen atoms in total. The first-order chi connectivity index (χ1) is 4.11. The molecule has 1 fully saturated rings. The second-order valence-corrected chi connectivity index (χ2v) is 3.48. The average molecular weight is 149 g/mol. The Balaban J connectivity index is 2.63. The first-order valence-corrected chi connectivity index (χ1v) is 4.24. The molecule has 0 amide bonds. The highest BCUT2D eigenvalue weighted by Crippen LogP contribution is 2.13. The molecular formula is C4H9N2O2S. The Morgan fingerprint density at radius 3 is 2.44 bits per heavy atom. The molecule has 9 heavy (non-hydrogen) atoms. The third kappa shape index (κ3) is 1.64. The molecule has 1 aliphatic heterocycles. The van der Waals surface area contributed by atoms with Gasteiger partial charge in [0.1, 0.15) is 0 Å². The second-order valence-electron chi connectivity index (χ2n) is 1.98. The summed E-state index contributed by atoms with van der Waals surface area (Å²) < 4.78 is 22.2. The van der Waals surface area contributed by atoms with E-state index >= 15 is 0 Å². The van der Waals surface area contributed by atoms with E-state index in [4.69, 9.17) is 5.14 Å². The highest BCUT2D eigenvalue weighted by atomic mass is 32.2. The van der Waals surface area contributed by atoms with Crippen molar-refractivity contribution < 1.29 is 8.42 Å². The molecule has 1 rings (SSSR count). The predicted molar refractivity (Wildman–Crippen MR) is 33.3 cm³/mol. The lowest BCUT2D eigenvalue weighted by Gasteiger charge is -2.08. The zero-order chi connectivity index (χ0) is 6.91. The summed E-state index contributed by atoms with van der Waals surface area (Å²) in [6.07, 6.45) is 1.70. The van der Waals surface area contributed by atoms with E-state index < -0.39 is 10.2 Å². The summed E-state index contributed by atoms with van der Waals surface area (Å²) in [6, 6.07) is 0. The number of hydrogen-bond acceptors (Lipinski definition) is 2. The molecule has 53 valence electrons. The van der Waals surface area contributed by atoms with E-state index in [1.54, 1.807) is 6.54 Å². The van der Waals surface area contributed by atoms with Crippen LogP contribution in [0.3, 0.4) is 0 Å². The van der Waals surface area contributed by atoms with Gasteiger partial charge >= 0.3 is 0 Å². The predicted octanol–water partition coefficient (Wildman–Crippen LogP) is -0.553. The highest BCUT2D eigenvalue weighted by Gasteiger charge is 2.20. The fourth-order valence-electron chi connectivity index (χ4n) is 0.805. The summed E-state index contributed by atoms with van der Waals surface area (Å²) in [5, 5.41) is 4.81. The van der Waals surface area contributed by atoms with E-state index in [0.717, 1.165) is 12.8 Å². The van der Waals surface area contributed by atoms with Crippen LogP contribution in [0.2, 0.25) is 0 Å². The molecular weight excluding hydrogens is 140 g/mol. The van der Waals surface area contributed by atoms with Gasteiger partial charge in [-0.15, -0.1) is 0 Å². The summed E-state index contributed by atoms with van der Waals surface area (Å²) >= 11 is 0. The van der Waals surface area contributed by atoms with E-state index in [1.165, 1.54) is 4.31 Å². The van der Waals surface area contributed by atoms with E-state index in [2.05, 4.69) is 0 Å². The van der Waals surface area contributed by atoms with Crippen LogP contribution in [0.4, 0.5) is 0 Å². The molecule has 1 heterocycles. The van der Waals surface area contributed by atoms with Gasteiger partial charge in [0.2, 0.25) is 0 Å². The Morgan fingerprint density at radius 2 is 2.22 bits per heavy atom. The Labute approximate surface area is 54.8 Å². The minimum absolute atomic E-state index is 0.541. The zero-order valence-corrected chi connectivity index (χ0v) is 5.76. The summed E-state index contributed by atoms with van der Waals surface area (Å²) in [6.45, 7) is 2.15. The van der Waals surface area contributed by atoms with Crippen molar-refractivity contribution in [1.82, 2.24) is 4.31 Å². The molecule has 0 unspecified atom stereocenters. The lowest BCUT2D eigenvalue weighted by Crippen LogP contribution is -2.31. The van der Waals surface area contributed by atoms with E-state index in [0.29, 0.717) is 6.54 Å². The van der Waals surface area contributed by atoms with E-state index in [9.17, 15) is 8.42 Å². The largest absolute Gasteiger partial charge is 0.277 e. The SMILES string of the molecule is NS(=O)(=O)N1[CH]CCC1. The molecule has 1 saturated heterocycles. The molecule has 1 aliphatic rings. The van der Waals surface area contributed by atoms with Gasteiger partial charge in [0.05, 0.1) is 0 Å². The van der Waals surface area contributed by atoms with Crippen LogP contribution in [0.5, 0.6) is 0 Å². The smallest absolute Gasteiger partial charge is 0.216 e. The molecule has 0 aliphatic carbocycles. The van der Waals surface area contributed by atoms with Crippen LogP contribution < -0.4 is 5.14 Å². The number of nitrogens with zero attached hydrogens (tertiary/aromatic N) is 1. The van der Waals surface area contributed by atoms with Gasteiger partial charge in [0.15, 0.2) is 0 Å². The molecule has 0 spiro atoms. The van der Waals surface area contributed by atoms with Crippen LogP contribution in [0.15, 0.2) is 0 Å². The van der Waals surface area contributed by atoms with Crippen molar-refractivity contribution in [2.24, 2.45) is 5.14 Å². The van der Waals surface area contributed by atoms with Gasteiger partial charge < -0.3 is 0 Å². The van der Waals surface area contributed by atoms with Gasteiger partial charge in [0.25, 0.3) is 10.2 Å². The minimum atomic E-state index is -3.42. The van der Waals surface area contributed by atoms with Gasteiger partial charge in [0, 0.05) is 13.1 Å². The maximum absolute atomic E-state index is 10.5. The van der Waals surface area contributed by atoms with Crippen LogP contribution in [-0.4, -0.2) is 19.3 Å². The van der Waals surface area contributed by atoms with E-state index in [1.807, 2.05) is 0 Å². The molecule has 0 aromatic rings.